The van der Waals surface area contributed by atoms with Crippen molar-refractivity contribution in [3.05, 3.63) is 23.8 Å². The van der Waals surface area contributed by atoms with Crippen LogP contribution in [0.1, 0.15) is 47.1 Å². The fraction of sp³-hybridized carbons (Fsp3) is 0.611. The van der Waals surface area contributed by atoms with Gasteiger partial charge in [0.05, 0.1) is 13.2 Å². The van der Waals surface area contributed by atoms with Crippen LogP contribution in [-0.2, 0) is 11.3 Å². The van der Waals surface area contributed by atoms with E-state index in [-0.39, 0.29) is 6.09 Å². The number of nitrogens with zero attached hydrogens (tertiary/aromatic N) is 1. The number of carbonyl (C=O) groups excluding carboxylic acids is 1. The maximum absolute atomic E-state index is 12.5. The zero-order chi connectivity index (χ0) is 17.6. The quantitative estimate of drug-likeness (QED) is 0.802. The van der Waals surface area contributed by atoms with Gasteiger partial charge in [0.2, 0.25) is 0 Å². The number of anilines is 1. The van der Waals surface area contributed by atoms with Crippen molar-refractivity contribution < 1.29 is 14.3 Å². The predicted octanol–water partition coefficient (Wildman–Crippen LogP) is 4.06. The summed E-state index contributed by atoms with van der Waals surface area (Å²) in [4.78, 5) is 14.2. The molecule has 0 spiro atoms. The highest BCUT2D eigenvalue weighted by atomic mass is 16.6. The highest BCUT2D eigenvalue weighted by Crippen LogP contribution is 2.24. The lowest BCUT2D eigenvalue weighted by Crippen LogP contribution is -2.38. The lowest BCUT2D eigenvalue weighted by atomic mass is 10.1. The van der Waals surface area contributed by atoms with Crippen molar-refractivity contribution >= 4 is 11.8 Å². The average molecular weight is 322 g/mol. The molecule has 1 aromatic rings. The molecule has 5 nitrogen and oxygen atoms in total. The van der Waals surface area contributed by atoms with Crippen LogP contribution in [0.4, 0.5) is 10.5 Å². The summed E-state index contributed by atoms with van der Waals surface area (Å²) in [6.07, 6.45) is -0.323. The van der Waals surface area contributed by atoms with Crippen molar-refractivity contribution in [1.82, 2.24) is 4.90 Å². The van der Waals surface area contributed by atoms with Crippen LogP contribution < -0.4 is 10.5 Å². The molecule has 23 heavy (non-hydrogen) atoms. The molecular weight excluding hydrogens is 292 g/mol. The molecule has 0 bridgehead atoms. The number of rotatable bonds is 6. The van der Waals surface area contributed by atoms with E-state index in [1.165, 1.54) is 0 Å². The van der Waals surface area contributed by atoms with E-state index in [0.29, 0.717) is 31.3 Å². The normalized spacial score (nSPS) is 11.4. The van der Waals surface area contributed by atoms with E-state index in [9.17, 15) is 4.79 Å². The van der Waals surface area contributed by atoms with Gasteiger partial charge >= 0.3 is 6.09 Å². The Balaban J connectivity index is 3.01. The molecule has 130 valence electrons. The molecule has 0 unspecified atom stereocenters. The number of benzene rings is 1. The van der Waals surface area contributed by atoms with Gasteiger partial charge in [0.1, 0.15) is 11.4 Å². The van der Waals surface area contributed by atoms with Crippen LogP contribution in [0.5, 0.6) is 5.75 Å². The van der Waals surface area contributed by atoms with Gasteiger partial charge in [0.15, 0.2) is 0 Å². The maximum Gasteiger partial charge on any atom is 0.410 e. The SMILES string of the molecule is CCOc1ccc(N)cc1CN(CC(C)C)C(=O)OC(C)(C)C. The number of ether oxygens (including phenoxy) is 2. The van der Waals surface area contributed by atoms with E-state index in [1.807, 2.05) is 39.8 Å². The van der Waals surface area contributed by atoms with Crippen molar-refractivity contribution in [1.29, 1.82) is 0 Å². The number of hydrogen-bond donors (Lipinski definition) is 1. The van der Waals surface area contributed by atoms with E-state index in [0.717, 1.165) is 11.3 Å². The second kappa shape index (κ2) is 8.09. The van der Waals surface area contributed by atoms with Crippen molar-refractivity contribution in [2.24, 2.45) is 5.92 Å². The van der Waals surface area contributed by atoms with Crippen molar-refractivity contribution in [2.75, 3.05) is 18.9 Å². The topological polar surface area (TPSA) is 64.8 Å². The van der Waals surface area contributed by atoms with Gasteiger partial charge < -0.3 is 20.1 Å². The van der Waals surface area contributed by atoms with Gasteiger partial charge in [-0.3, -0.25) is 0 Å². The molecule has 0 saturated carbocycles. The monoisotopic (exact) mass is 322 g/mol. The second-order valence-corrected chi connectivity index (χ2v) is 7.05. The van der Waals surface area contributed by atoms with Crippen LogP contribution >= 0.6 is 0 Å². The molecule has 5 heteroatoms. The molecule has 0 heterocycles. The molecule has 0 aromatic heterocycles. The van der Waals surface area contributed by atoms with Crippen molar-refractivity contribution in [2.45, 2.75) is 53.7 Å². The molecule has 0 atom stereocenters. The molecule has 1 amide bonds. The Kier molecular flexibility index (Phi) is 6.73. The Bertz CT molecular complexity index is 521. The van der Waals surface area contributed by atoms with Gasteiger partial charge in [0, 0.05) is 17.8 Å². The van der Waals surface area contributed by atoms with E-state index in [1.54, 1.807) is 11.0 Å². The molecule has 1 rings (SSSR count). The zero-order valence-corrected chi connectivity index (χ0v) is 15.2. The van der Waals surface area contributed by atoms with Crippen molar-refractivity contribution in [3.8, 4) is 5.75 Å². The van der Waals surface area contributed by atoms with E-state index in [4.69, 9.17) is 15.2 Å². The van der Waals surface area contributed by atoms with E-state index in [2.05, 4.69) is 13.8 Å². The van der Waals surface area contributed by atoms with Crippen LogP contribution in [0.2, 0.25) is 0 Å². The highest BCUT2D eigenvalue weighted by Gasteiger charge is 2.24. The Labute approximate surface area is 139 Å². The first-order valence-electron chi connectivity index (χ1n) is 8.11. The van der Waals surface area contributed by atoms with E-state index >= 15 is 0 Å². The first-order valence-corrected chi connectivity index (χ1v) is 8.11. The minimum absolute atomic E-state index is 0.323. The van der Waals surface area contributed by atoms with Gasteiger partial charge in [0.25, 0.3) is 0 Å². The Hall–Kier alpha value is -1.91. The first kappa shape index (κ1) is 19.1. The third-order valence-electron chi connectivity index (χ3n) is 2.98. The minimum atomic E-state index is -0.523. The van der Waals surface area contributed by atoms with Crippen LogP contribution in [0.3, 0.4) is 0 Å². The fourth-order valence-corrected chi connectivity index (χ4v) is 2.20. The molecule has 0 aliphatic heterocycles. The summed E-state index contributed by atoms with van der Waals surface area (Å²) < 4.78 is 11.2. The Morgan fingerprint density at radius 2 is 1.96 bits per heavy atom. The Morgan fingerprint density at radius 1 is 1.30 bits per heavy atom. The summed E-state index contributed by atoms with van der Waals surface area (Å²) in [5, 5.41) is 0. The summed E-state index contributed by atoms with van der Waals surface area (Å²) in [6, 6.07) is 5.49. The summed E-state index contributed by atoms with van der Waals surface area (Å²) in [5.74, 6) is 1.08. The highest BCUT2D eigenvalue weighted by molar-refractivity contribution is 5.68. The number of nitrogens with two attached hydrogens (primary N) is 1. The fourth-order valence-electron chi connectivity index (χ4n) is 2.20. The third kappa shape index (κ3) is 6.80. The second-order valence-electron chi connectivity index (χ2n) is 7.05. The molecule has 0 saturated heterocycles. The van der Waals surface area contributed by atoms with Gasteiger partial charge in [-0.15, -0.1) is 0 Å². The smallest absolute Gasteiger partial charge is 0.410 e. The molecule has 1 aromatic carbocycles. The van der Waals surface area contributed by atoms with Crippen LogP contribution in [0.15, 0.2) is 18.2 Å². The lowest BCUT2D eigenvalue weighted by molar-refractivity contribution is 0.0210. The summed E-state index contributed by atoms with van der Waals surface area (Å²) in [7, 11) is 0. The number of nitrogen functional groups attached to an aromatic ring is 1. The van der Waals surface area contributed by atoms with Gasteiger partial charge in [-0.1, -0.05) is 13.8 Å². The first-order chi connectivity index (χ1) is 10.6. The van der Waals surface area contributed by atoms with E-state index < -0.39 is 5.60 Å². The predicted molar refractivity (Wildman–Crippen MR) is 93.5 cm³/mol. The lowest BCUT2D eigenvalue weighted by Gasteiger charge is -2.29. The molecular formula is C18H30N2O3. The molecule has 0 aliphatic carbocycles. The summed E-state index contributed by atoms with van der Waals surface area (Å²) in [6.45, 7) is 13.2. The average Bonchev–Trinajstić information content (AvgIpc) is 2.38. The molecule has 2 N–H and O–H groups in total. The third-order valence-corrected chi connectivity index (χ3v) is 2.98. The number of amides is 1. The van der Waals surface area contributed by atoms with Crippen LogP contribution in [-0.4, -0.2) is 29.7 Å². The largest absolute Gasteiger partial charge is 0.494 e. The molecule has 0 aliphatic rings. The summed E-state index contributed by atoms with van der Waals surface area (Å²) in [5.41, 5.74) is 6.90. The molecule has 0 fully saturated rings. The summed E-state index contributed by atoms with van der Waals surface area (Å²) >= 11 is 0. The van der Waals surface area contributed by atoms with Gasteiger partial charge in [-0.25, -0.2) is 4.79 Å². The minimum Gasteiger partial charge on any atom is -0.494 e. The number of carbonyl (C=O) groups is 1. The Morgan fingerprint density at radius 3 is 2.48 bits per heavy atom. The van der Waals surface area contributed by atoms with Crippen molar-refractivity contribution in [3.63, 3.8) is 0 Å². The maximum atomic E-state index is 12.5. The number of hydrogen-bond acceptors (Lipinski definition) is 4. The molecule has 0 radical (unpaired) electrons. The zero-order valence-electron chi connectivity index (χ0n) is 15.2. The van der Waals surface area contributed by atoms with Crippen LogP contribution in [0.25, 0.3) is 0 Å². The standard InChI is InChI=1S/C18H30N2O3/c1-7-22-16-9-8-15(19)10-14(16)12-20(11-13(2)3)17(21)23-18(4,5)6/h8-10,13H,7,11-12,19H2,1-6H3. The van der Waals surface area contributed by atoms with Crippen LogP contribution in [0, 0.1) is 5.92 Å². The van der Waals surface area contributed by atoms with Gasteiger partial charge in [-0.05, 0) is 51.8 Å². The van der Waals surface area contributed by atoms with Gasteiger partial charge in [-0.2, -0.15) is 0 Å².